The maximum Gasteiger partial charge on any atom is 0.277 e. The first-order chi connectivity index (χ1) is 12.6. The van der Waals surface area contributed by atoms with Crippen molar-refractivity contribution >= 4 is 29.1 Å². The standard InChI is InChI=1S/C19H17ClN2O3S/c1-3-24-17-9-6-14(12(2)23)10-15(17)11-26-19-22-21-18(25-19)13-4-7-16(20)8-5-13/h4-10H,3,11H2,1-2H3. The van der Waals surface area contributed by atoms with Gasteiger partial charge in [0, 0.05) is 27.5 Å². The molecular formula is C19H17ClN2O3S. The predicted octanol–water partition coefficient (Wildman–Crippen LogP) is 5.28. The molecule has 0 aliphatic carbocycles. The van der Waals surface area contributed by atoms with Crippen LogP contribution in [-0.4, -0.2) is 22.6 Å². The summed E-state index contributed by atoms with van der Waals surface area (Å²) in [5.41, 5.74) is 2.37. The number of hydrogen-bond acceptors (Lipinski definition) is 6. The van der Waals surface area contributed by atoms with Gasteiger partial charge in [-0.1, -0.05) is 23.4 Å². The van der Waals surface area contributed by atoms with Gasteiger partial charge in [-0.2, -0.15) is 0 Å². The highest BCUT2D eigenvalue weighted by Crippen LogP contribution is 2.30. The van der Waals surface area contributed by atoms with Crippen LogP contribution >= 0.6 is 23.4 Å². The zero-order valence-electron chi connectivity index (χ0n) is 14.4. The van der Waals surface area contributed by atoms with Crippen LogP contribution < -0.4 is 4.74 Å². The summed E-state index contributed by atoms with van der Waals surface area (Å²) in [6, 6.07) is 12.6. The Bertz CT molecular complexity index is 909. The average molecular weight is 389 g/mol. The highest BCUT2D eigenvalue weighted by molar-refractivity contribution is 7.98. The number of aromatic nitrogens is 2. The normalized spacial score (nSPS) is 10.7. The van der Waals surface area contributed by atoms with Gasteiger partial charge in [0.05, 0.1) is 6.61 Å². The van der Waals surface area contributed by atoms with Crippen LogP contribution in [0.5, 0.6) is 5.75 Å². The summed E-state index contributed by atoms with van der Waals surface area (Å²) in [7, 11) is 0. The van der Waals surface area contributed by atoms with Crippen LogP contribution in [0.25, 0.3) is 11.5 Å². The van der Waals surface area contributed by atoms with Crippen molar-refractivity contribution in [2.24, 2.45) is 0 Å². The molecule has 0 bridgehead atoms. The predicted molar refractivity (Wildman–Crippen MR) is 102 cm³/mol. The fourth-order valence-electron chi connectivity index (χ4n) is 2.32. The molecule has 0 saturated heterocycles. The van der Waals surface area contributed by atoms with E-state index in [1.54, 1.807) is 25.1 Å². The molecule has 3 aromatic rings. The van der Waals surface area contributed by atoms with E-state index in [0.717, 1.165) is 16.9 Å². The number of carbonyl (C=O) groups excluding carboxylic acids is 1. The van der Waals surface area contributed by atoms with E-state index in [4.69, 9.17) is 20.8 Å². The molecule has 0 aliphatic heterocycles. The molecule has 0 spiro atoms. The molecule has 3 rings (SSSR count). The van der Waals surface area contributed by atoms with Crippen molar-refractivity contribution < 1.29 is 13.9 Å². The van der Waals surface area contributed by atoms with Crippen molar-refractivity contribution in [3.05, 3.63) is 58.6 Å². The quantitative estimate of drug-likeness (QED) is 0.405. The van der Waals surface area contributed by atoms with Gasteiger partial charge in [0.15, 0.2) is 5.78 Å². The Balaban J connectivity index is 1.75. The first-order valence-electron chi connectivity index (χ1n) is 8.05. The number of rotatable bonds is 7. The molecule has 5 nitrogen and oxygen atoms in total. The molecule has 0 saturated carbocycles. The molecule has 0 fully saturated rings. The van der Waals surface area contributed by atoms with Crippen molar-refractivity contribution in [1.82, 2.24) is 10.2 Å². The summed E-state index contributed by atoms with van der Waals surface area (Å²) in [4.78, 5) is 11.6. The molecule has 0 radical (unpaired) electrons. The Morgan fingerprint density at radius 3 is 2.65 bits per heavy atom. The Kier molecular flexibility index (Phi) is 5.96. The molecule has 1 aromatic heterocycles. The lowest BCUT2D eigenvalue weighted by molar-refractivity contribution is 0.101. The molecule has 0 N–H and O–H groups in total. The van der Waals surface area contributed by atoms with Crippen molar-refractivity contribution in [3.63, 3.8) is 0 Å². The lowest BCUT2D eigenvalue weighted by Crippen LogP contribution is -1.99. The molecule has 26 heavy (non-hydrogen) atoms. The Labute approximate surface area is 160 Å². The third-order valence-corrected chi connectivity index (χ3v) is 4.73. The number of benzene rings is 2. The topological polar surface area (TPSA) is 65.2 Å². The number of carbonyl (C=O) groups is 1. The molecule has 0 amide bonds. The van der Waals surface area contributed by atoms with Gasteiger partial charge >= 0.3 is 0 Å². The van der Waals surface area contributed by atoms with E-state index in [1.165, 1.54) is 11.8 Å². The lowest BCUT2D eigenvalue weighted by Gasteiger charge is -2.10. The summed E-state index contributed by atoms with van der Waals surface area (Å²) < 4.78 is 11.3. The third kappa shape index (κ3) is 4.45. The van der Waals surface area contributed by atoms with Gasteiger partial charge in [-0.25, -0.2) is 0 Å². The number of hydrogen-bond donors (Lipinski definition) is 0. The molecule has 7 heteroatoms. The van der Waals surface area contributed by atoms with Gasteiger partial charge in [0.1, 0.15) is 5.75 Å². The van der Waals surface area contributed by atoms with Gasteiger partial charge in [0.25, 0.3) is 5.22 Å². The fraction of sp³-hybridized carbons (Fsp3) is 0.211. The molecule has 0 atom stereocenters. The minimum atomic E-state index is 0.0158. The minimum absolute atomic E-state index is 0.0158. The number of Topliss-reactive ketones (excluding diaryl/α,β-unsaturated/α-hetero) is 1. The van der Waals surface area contributed by atoms with Crippen LogP contribution in [0.15, 0.2) is 52.1 Å². The van der Waals surface area contributed by atoms with E-state index < -0.39 is 0 Å². The second-order valence-corrected chi connectivity index (χ2v) is 6.84. The van der Waals surface area contributed by atoms with Crippen LogP contribution in [0, 0.1) is 0 Å². The summed E-state index contributed by atoms with van der Waals surface area (Å²) in [6.07, 6.45) is 0. The van der Waals surface area contributed by atoms with E-state index >= 15 is 0 Å². The Morgan fingerprint density at radius 2 is 1.96 bits per heavy atom. The van der Waals surface area contributed by atoms with Crippen LogP contribution in [0.1, 0.15) is 29.8 Å². The second kappa shape index (κ2) is 8.38. The van der Waals surface area contributed by atoms with Crippen molar-refractivity contribution in [2.75, 3.05) is 6.61 Å². The first-order valence-corrected chi connectivity index (χ1v) is 9.42. The number of ketones is 1. The SMILES string of the molecule is CCOc1ccc(C(C)=O)cc1CSc1nnc(-c2ccc(Cl)cc2)o1. The zero-order valence-corrected chi connectivity index (χ0v) is 15.9. The average Bonchev–Trinajstić information content (AvgIpc) is 3.10. The number of nitrogens with zero attached hydrogens (tertiary/aromatic N) is 2. The van der Waals surface area contributed by atoms with Crippen LogP contribution in [0.4, 0.5) is 0 Å². The lowest BCUT2D eigenvalue weighted by atomic mass is 10.1. The number of thioether (sulfide) groups is 1. The molecule has 1 heterocycles. The summed E-state index contributed by atoms with van der Waals surface area (Å²) in [5.74, 6) is 1.76. The van der Waals surface area contributed by atoms with Crippen LogP contribution in [0.2, 0.25) is 5.02 Å². The van der Waals surface area contributed by atoms with Crippen LogP contribution in [-0.2, 0) is 5.75 Å². The van der Waals surface area contributed by atoms with Gasteiger partial charge < -0.3 is 9.15 Å². The molecule has 134 valence electrons. The zero-order chi connectivity index (χ0) is 18.5. The first kappa shape index (κ1) is 18.5. The number of halogens is 1. The largest absolute Gasteiger partial charge is 0.494 e. The van der Waals surface area contributed by atoms with E-state index in [1.807, 2.05) is 31.2 Å². The molecule has 2 aromatic carbocycles. The van der Waals surface area contributed by atoms with E-state index in [0.29, 0.717) is 34.1 Å². The van der Waals surface area contributed by atoms with E-state index in [9.17, 15) is 4.79 Å². The Hall–Kier alpha value is -2.31. The van der Waals surface area contributed by atoms with Gasteiger partial charge in [-0.05, 0) is 56.3 Å². The fourth-order valence-corrected chi connectivity index (χ4v) is 3.19. The number of ether oxygens (including phenoxy) is 1. The van der Waals surface area contributed by atoms with Crippen LogP contribution in [0.3, 0.4) is 0 Å². The van der Waals surface area contributed by atoms with Gasteiger partial charge in [-0.3, -0.25) is 4.79 Å². The molecule has 0 aliphatic rings. The molecular weight excluding hydrogens is 372 g/mol. The third-order valence-electron chi connectivity index (χ3n) is 3.62. The maximum atomic E-state index is 11.6. The van der Waals surface area contributed by atoms with E-state index in [-0.39, 0.29) is 5.78 Å². The summed E-state index contributed by atoms with van der Waals surface area (Å²) in [5, 5.41) is 9.24. The smallest absolute Gasteiger partial charge is 0.277 e. The highest BCUT2D eigenvalue weighted by Gasteiger charge is 2.12. The summed E-state index contributed by atoms with van der Waals surface area (Å²) in [6.45, 7) is 4.02. The maximum absolute atomic E-state index is 11.6. The minimum Gasteiger partial charge on any atom is -0.494 e. The monoisotopic (exact) mass is 388 g/mol. The van der Waals surface area contributed by atoms with Gasteiger partial charge in [0.2, 0.25) is 5.89 Å². The van der Waals surface area contributed by atoms with Gasteiger partial charge in [-0.15, -0.1) is 10.2 Å². The Morgan fingerprint density at radius 1 is 1.19 bits per heavy atom. The summed E-state index contributed by atoms with van der Waals surface area (Å²) >= 11 is 7.29. The van der Waals surface area contributed by atoms with Crippen molar-refractivity contribution in [2.45, 2.75) is 24.8 Å². The highest BCUT2D eigenvalue weighted by atomic mass is 35.5. The van der Waals surface area contributed by atoms with Crippen molar-refractivity contribution in [1.29, 1.82) is 0 Å². The molecule has 0 unspecified atom stereocenters. The second-order valence-electron chi connectivity index (χ2n) is 5.48. The van der Waals surface area contributed by atoms with E-state index in [2.05, 4.69) is 10.2 Å². The van der Waals surface area contributed by atoms with Crippen molar-refractivity contribution in [3.8, 4) is 17.2 Å².